The predicted octanol–water partition coefficient (Wildman–Crippen LogP) is 4.40. The number of hydrogen-bond acceptors (Lipinski definition) is 3. The molecule has 29 heavy (non-hydrogen) atoms. The van der Waals surface area contributed by atoms with Gasteiger partial charge in [0.2, 0.25) is 5.91 Å². The van der Waals surface area contributed by atoms with Gasteiger partial charge in [-0.3, -0.25) is 14.3 Å². The molecule has 0 aliphatic heterocycles. The van der Waals surface area contributed by atoms with E-state index in [0.717, 1.165) is 33.6 Å². The van der Waals surface area contributed by atoms with Crippen molar-refractivity contribution in [2.24, 2.45) is 0 Å². The molecule has 0 bridgehead atoms. The van der Waals surface area contributed by atoms with Crippen LogP contribution in [0.15, 0.2) is 48.7 Å². The van der Waals surface area contributed by atoms with Gasteiger partial charge in [0.05, 0.1) is 0 Å². The first kappa shape index (κ1) is 20.3. The zero-order chi connectivity index (χ0) is 21.0. The van der Waals surface area contributed by atoms with E-state index in [1.807, 2.05) is 64.1 Å². The fraction of sp³-hybridized carbons (Fsp3) is 0.261. The monoisotopic (exact) mass is 390 g/mol. The molecule has 2 aromatic carbocycles. The summed E-state index contributed by atoms with van der Waals surface area (Å²) in [4.78, 5) is 24.7. The average molecular weight is 390 g/mol. The topological polar surface area (TPSA) is 76.0 Å². The Morgan fingerprint density at radius 2 is 1.45 bits per heavy atom. The van der Waals surface area contributed by atoms with Crippen LogP contribution in [0.2, 0.25) is 0 Å². The molecule has 1 aromatic heterocycles. The van der Waals surface area contributed by atoms with E-state index in [0.29, 0.717) is 12.2 Å². The van der Waals surface area contributed by atoms with Crippen molar-refractivity contribution in [1.82, 2.24) is 9.78 Å². The number of anilines is 2. The third-order valence-electron chi connectivity index (χ3n) is 4.75. The molecule has 2 amide bonds. The number of carbonyl (C=O) groups excluding carboxylic acids is 2. The van der Waals surface area contributed by atoms with Crippen LogP contribution in [0.4, 0.5) is 11.4 Å². The SMILES string of the molecule is Cc1ccc(C)c(NC(=O)CCn2ccc(C(=O)Nc3cc(C)ccc3C)n2)c1. The molecule has 3 aromatic rings. The standard InChI is InChI=1S/C23H26N4O2/c1-15-5-7-17(3)20(13-15)24-22(28)10-12-27-11-9-19(26-27)23(29)25-21-14-16(2)6-8-18(21)4/h5-9,11,13-14H,10,12H2,1-4H3,(H,24,28)(H,25,29). The van der Waals surface area contributed by atoms with Gasteiger partial charge < -0.3 is 10.6 Å². The lowest BCUT2D eigenvalue weighted by Crippen LogP contribution is -2.17. The summed E-state index contributed by atoms with van der Waals surface area (Å²) >= 11 is 0. The zero-order valence-corrected chi connectivity index (χ0v) is 17.2. The van der Waals surface area contributed by atoms with Crippen LogP contribution in [0, 0.1) is 27.7 Å². The zero-order valence-electron chi connectivity index (χ0n) is 17.2. The molecule has 150 valence electrons. The highest BCUT2D eigenvalue weighted by molar-refractivity contribution is 6.03. The second-order valence-electron chi connectivity index (χ2n) is 7.35. The Kier molecular flexibility index (Phi) is 6.12. The molecule has 0 atom stereocenters. The summed E-state index contributed by atoms with van der Waals surface area (Å²) in [6.07, 6.45) is 1.98. The van der Waals surface area contributed by atoms with E-state index in [-0.39, 0.29) is 18.2 Å². The molecule has 0 fully saturated rings. The fourth-order valence-corrected chi connectivity index (χ4v) is 2.96. The number of nitrogens with one attached hydrogen (secondary N) is 2. The molecule has 0 spiro atoms. The highest BCUT2D eigenvalue weighted by Gasteiger charge is 2.12. The van der Waals surface area contributed by atoms with Crippen molar-refractivity contribution in [3.05, 3.63) is 76.6 Å². The molecule has 0 saturated carbocycles. The minimum Gasteiger partial charge on any atom is -0.326 e. The number of aryl methyl sites for hydroxylation is 5. The highest BCUT2D eigenvalue weighted by atomic mass is 16.2. The molecular formula is C23H26N4O2. The average Bonchev–Trinajstić information content (AvgIpc) is 3.15. The van der Waals surface area contributed by atoms with Crippen molar-refractivity contribution in [1.29, 1.82) is 0 Å². The van der Waals surface area contributed by atoms with Crippen LogP contribution in [0.25, 0.3) is 0 Å². The summed E-state index contributed by atoms with van der Waals surface area (Å²) in [5.74, 6) is -0.354. The maximum absolute atomic E-state index is 12.5. The van der Waals surface area contributed by atoms with Gasteiger partial charge in [0.15, 0.2) is 5.69 Å². The Morgan fingerprint density at radius 1 is 0.862 bits per heavy atom. The van der Waals surface area contributed by atoms with Crippen LogP contribution in [0.1, 0.15) is 39.2 Å². The summed E-state index contributed by atoms with van der Waals surface area (Å²) in [7, 11) is 0. The van der Waals surface area contributed by atoms with Gasteiger partial charge in [-0.2, -0.15) is 5.10 Å². The Morgan fingerprint density at radius 3 is 2.07 bits per heavy atom. The fourth-order valence-electron chi connectivity index (χ4n) is 2.96. The maximum atomic E-state index is 12.5. The number of carbonyl (C=O) groups is 2. The summed E-state index contributed by atoms with van der Waals surface area (Å²) in [6, 6.07) is 13.5. The number of benzene rings is 2. The quantitative estimate of drug-likeness (QED) is 0.655. The minimum atomic E-state index is -0.266. The summed E-state index contributed by atoms with van der Waals surface area (Å²) in [6.45, 7) is 8.27. The molecule has 0 aliphatic carbocycles. The first-order chi connectivity index (χ1) is 13.8. The van der Waals surface area contributed by atoms with Gasteiger partial charge in [-0.25, -0.2) is 0 Å². The van der Waals surface area contributed by atoms with Crippen molar-refractivity contribution in [3.63, 3.8) is 0 Å². The van der Waals surface area contributed by atoms with Crippen LogP contribution in [0.5, 0.6) is 0 Å². The van der Waals surface area contributed by atoms with Crippen LogP contribution >= 0.6 is 0 Å². The molecule has 0 aliphatic rings. The van der Waals surface area contributed by atoms with Crippen LogP contribution < -0.4 is 10.6 Å². The third-order valence-corrected chi connectivity index (χ3v) is 4.75. The van der Waals surface area contributed by atoms with Gasteiger partial charge in [0, 0.05) is 30.5 Å². The number of hydrogen-bond donors (Lipinski definition) is 2. The van der Waals surface area contributed by atoms with E-state index < -0.39 is 0 Å². The lowest BCUT2D eigenvalue weighted by Gasteiger charge is -2.09. The molecule has 0 radical (unpaired) electrons. The number of amides is 2. The first-order valence-corrected chi connectivity index (χ1v) is 9.61. The summed E-state index contributed by atoms with van der Waals surface area (Å²) in [5.41, 5.74) is 6.10. The molecule has 6 nitrogen and oxygen atoms in total. The van der Waals surface area contributed by atoms with E-state index in [1.54, 1.807) is 16.9 Å². The highest BCUT2D eigenvalue weighted by Crippen LogP contribution is 2.18. The summed E-state index contributed by atoms with van der Waals surface area (Å²) in [5, 5.41) is 10.1. The first-order valence-electron chi connectivity index (χ1n) is 9.61. The van der Waals surface area contributed by atoms with Crippen molar-refractivity contribution < 1.29 is 9.59 Å². The lowest BCUT2D eigenvalue weighted by atomic mass is 10.1. The molecule has 2 N–H and O–H groups in total. The van der Waals surface area contributed by atoms with E-state index in [4.69, 9.17) is 0 Å². The minimum absolute atomic E-state index is 0.0874. The van der Waals surface area contributed by atoms with Crippen LogP contribution in [-0.2, 0) is 11.3 Å². The maximum Gasteiger partial charge on any atom is 0.276 e. The number of rotatable bonds is 6. The van der Waals surface area contributed by atoms with Gasteiger partial charge in [-0.05, 0) is 68.1 Å². The van der Waals surface area contributed by atoms with E-state index in [9.17, 15) is 9.59 Å². The van der Waals surface area contributed by atoms with Gasteiger partial charge in [0.25, 0.3) is 5.91 Å². The van der Waals surface area contributed by atoms with Crippen LogP contribution in [-0.4, -0.2) is 21.6 Å². The van der Waals surface area contributed by atoms with Crippen molar-refractivity contribution in [2.75, 3.05) is 10.6 Å². The number of aromatic nitrogens is 2. The van der Waals surface area contributed by atoms with Crippen molar-refractivity contribution in [2.45, 2.75) is 40.7 Å². The van der Waals surface area contributed by atoms with Gasteiger partial charge in [0.1, 0.15) is 0 Å². The Balaban J connectivity index is 1.57. The Bertz CT molecular complexity index is 1050. The largest absolute Gasteiger partial charge is 0.326 e. The smallest absolute Gasteiger partial charge is 0.276 e. The van der Waals surface area contributed by atoms with Gasteiger partial charge >= 0.3 is 0 Å². The predicted molar refractivity (Wildman–Crippen MR) is 115 cm³/mol. The normalized spacial score (nSPS) is 10.6. The summed E-state index contributed by atoms with van der Waals surface area (Å²) < 4.78 is 1.61. The van der Waals surface area contributed by atoms with E-state index >= 15 is 0 Å². The van der Waals surface area contributed by atoms with E-state index in [1.165, 1.54) is 0 Å². The molecule has 6 heteroatoms. The molecule has 0 unspecified atom stereocenters. The second-order valence-corrected chi connectivity index (χ2v) is 7.35. The van der Waals surface area contributed by atoms with Crippen molar-refractivity contribution >= 4 is 23.2 Å². The van der Waals surface area contributed by atoms with Crippen molar-refractivity contribution in [3.8, 4) is 0 Å². The second kappa shape index (κ2) is 8.73. The molecular weight excluding hydrogens is 364 g/mol. The van der Waals surface area contributed by atoms with Gasteiger partial charge in [-0.1, -0.05) is 24.3 Å². The van der Waals surface area contributed by atoms with Crippen LogP contribution in [0.3, 0.4) is 0 Å². The molecule has 3 rings (SSSR count). The Hall–Kier alpha value is -3.41. The molecule has 0 saturated heterocycles. The number of nitrogens with zero attached hydrogens (tertiary/aromatic N) is 2. The van der Waals surface area contributed by atoms with Gasteiger partial charge in [-0.15, -0.1) is 0 Å². The third kappa shape index (κ3) is 5.31. The molecule has 1 heterocycles. The Labute approximate surface area is 170 Å². The lowest BCUT2D eigenvalue weighted by molar-refractivity contribution is -0.116. The van der Waals surface area contributed by atoms with E-state index in [2.05, 4.69) is 15.7 Å².